The Morgan fingerprint density at radius 2 is 0.701 bits per heavy atom. The fourth-order valence-electron chi connectivity index (χ4n) is 10.3. The van der Waals surface area contributed by atoms with E-state index in [0.717, 1.165) is 78.3 Å². The van der Waals surface area contributed by atoms with Gasteiger partial charge in [-0.15, -0.1) is 0 Å². The lowest BCUT2D eigenvalue weighted by atomic mass is 9.94. The number of hydrogen-bond donors (Lipinski definition) is 0. The standard InChI is InChI=1S/C64H42N2O/c1-2-16-47(17-3-1)66(62-26-12-15-45-14-4-5-18-52(45)62)50-36-30-44(31-37-50)43-28-34-48(35-29-43)65(51-40-41-58-56-21-7-6-19-54(56)55-20-8-9-22-57(55)61(58)42-51)49-38-32-46(33-39-49)53-24-13-25-60-59-23-10-11-27-63(59)67-64(53)60/h1-42H. The summed E-state index contributed by atoms with van der Waals surface area (Å²) in [6.07, 6.45) is 0. The van der Waals surface area contributed by atoms with Crippen LogP contribution in [0.1, 0.15) is 0 Å². The lowest BCUT2D eigenvalue weighted by Gasteiger charge is -2.27. The highest BCUT2D eigenvalue weighted by molar-refractivity contribution is 6.26. The number of nitrogens with zero attached hydrogens (tertiary/aromatic N) is 2. The van der Waals surface area contributed by atoms with Crippen LogP contribution in [0.15, 0.2) is 259 Å². The summed E-state index contributed by atoms with van der Waals surface area (Å²) in [5.41, 5.74) is 12.9. The van der Waals surface area contributed by atoms with E-state index in [2.05, 4.69) is 252 Å². The van der Waals surface area contributed by atoms with E-state index in [-0.39, 0.29) is 0 Å². The van der Waals surface area contributed by atoms with Crippen LogP contribution in [0.25, 0.3) is 87.3 Å². The molecule has 0 unspecified atom stereocenters. The second-order valence-corrected chi connectivity index (χ2v) is 17.2. The highest BCUT2D eigenvalue weighted by Crippen LogP contribution is 2.44. The van der Waals surface area contributed by atoms with Crippen molar-refractivity contribution in [3.63, 3.8) is 0 Å². The predicted molar refractivity (Wildman–Crippen MR) is 284 cm³/mol. The van der Waals surface area contributed by atoms with Crippen LogP contribution in [0, 0.1) is 0 Å². The Morgan fingerprint density at radius 1 is 0.254 bits per heavy atom. The van der Waals surface area contributed by atoms with Crippen molar-refractivity contribution >= 4 is 99.2 Å². The first-order chi connectivity index (χ1) is 33.2. The number of rotatable bonds is 8. The van der Waals surface area contributed by atoms with Gasteiger partial charge in [0.25, 0.3) is 0 Å². The fraction of sp³-hybridized carbons (Fsp3) is 0. The minimum absolute atomic E-state index is 0.902. The maximum absolute atomic E-state index is 6.47. The van der Waals surface area contributed by atoms with Crippen LogP contribution in [0.2, 0.25) is 0 Å². The zero-order valence-corrected chi connectivity index (χ0v) is 36.6. The van der Waals surface area contributed by atoms with Crippen LogP contribution < -0.4 is 9.80 Å². The summed E-state index contributed by atoms with van der Waals surface area (Å²) in [5, 5.41) is 12.2. The van der Waals surface area contributed by atoms with Crippen molar-refractivity contribution in [1.82, 2.24) is 0 Å². The maximum atomic E-state index is 6.47. The molecule has 13 aromatic rings. The second-order valence-electron chi connectivity index (χ2n) is 17.2. The van der Waals surface area contributed by atoms with Crippen LogP contribution in [-0.2, 0) is 0 Å². The number of anilines is 6. The van der Waals surface area contributed by atoms with Crippen molar-refractivity contribution in [2.45, 2.75) is 0 Å². The van der Waals surface area contributed by atoms with Gasteiger partial charge in [0.15, 0.2) is 0 Å². The minimum Gasteiger partial charge on any atom is -0.455 e. The first-order valence-electron chi connectivity index (χ1n) is 22.9. The summed E-state index contributed by atoms with van der Waals surface area (Å²) in [5.74, 6) is 0. The molecular weight excluding hydrogens is 813 g/mol. The van der Waals surface area contributed by atoms with E-state index in [1.807, 2.05) is 12.1 Å². The molecule has 13 rings (SSSR count). The van der Waals surface area contributed by atoms with Gasteiger partial charge in [-0.05, 0) is 127 Å². The Morgan fingerprint density at radius 3 is 1.36 bits per heavy atom. The summed E-state index contributed by atoms with van der Waals surface area (Å²) in [4.78, 5) is 4.73. The number of para-hydroxylation sites is 3. The van der Waals surface area contributed by atoms with Gasteiger partial charge in [0.1, 0.15) is 11.2 Å². The Balaban J connectivity index is 0.904. The molecule has 0 bridgehead atoms. The highest BCUT2D eigenvalue weighted by Gasteiger charge is 2.19. The van der Waals surface area contributed by atoms with Crippen molar-refractivity contribution in [2.75, 3.05) is 9.80 Å². The third-order valence-corrected chi connectivity index (χ3v) is 13.4. The first-order valence-corrected chi connectivity index (χ1v) is 22.9. The molecule has 0 aliphatic carbocycles. The molecule has 3 heteroatoms. The summed E-state index contributed by atoms with van der Waals surface area (Å²) >= 11 is 0. The summed E-state index contributed by atoms with van der Waals surface area (Å²) in [6, 6.07) is 91.9. The monoisotopic (exact) mass is 854 g/mol. The number of fused-ring (bicyclic) bond motifs is 10. The van der Waals surface area contributed by atoms with E-state index in [4.69, 9.17) is 4.42 Å². The van der Waals surface area contributed by atoms with Gasteiger partial charge >= 0.3 is 0 Å². The van der Waals surface area contributed by atoms with Gasteiger partial charge in [-0.3, -0.25) is 0 Å². The van der Waals surface area contributed by atoms with E-state index in [1.165, 1.54) is 43.1 Å². The van der Waals surface area contributed by atoms with E-state index >= 15 is 0 Å². The van der Waals surface area contributed by atoms with Crippen molar-refractivity contribution < 1.29 is 4.42 Å². The molecule has 0 saturated heterocycles. The topological polar surface area (TPSA) is 19.6 Å². The zero-order chi connectivity index (χ0) is 44.3. The average molecular weight is 855 g/mol. The van der Waals surface area contributed by atoms with Crippen LogP contribution in [0.5, 0.6) is 0 Å². The van der Waals surface area contributed by atoms with Crippen molar-refractivity contribution in [3.8, 4) is 22.3 Å². The smallest absolute Gasteiger partial charge is 0.143 e. The predicted octanol–water partition coefficient (Wildman–Crippen LogP) is 18.5. The lowest BCUT2D eigenvalue weighted by Crippen LogP contribution is -2.10. The molecule has 3 nitrogen and oxygen atoms in total. The van der Waals surface area contributed by atoms with Crippen molar-refractivity contribution in [2.24, 2.45) is 0 Å². The molecule has 0 radical (unpaired) electrons. The zero-order valence-electron chi connectivity index (χ0n) is 36.6. The normalized spacial score (nSPS) is 11.6. The Bertz CT molecular complexity index is 3930. The molecule has 0 N–H and O–H groups in total. The van der Waals surface area contributed by atoms with E-state index < -0.39 is 0 Å². The SMILES string of the molecule is c1ccc(N(c2ccc(-c3ccc(N(c4ccc(-c5cccc6c5oc5ccccc56)cc4)c4ccc5c6ccccc6c6ccccc6c5c4)cc3)cc2)c2cccc3ccccc23)cc1. The third-order valence-electron chi connectivity index (χ3n) is 13.4. The van der Waals surface area contributed by atoms with Crippen LogP contribution in [-0.4, -0.2) is 0 Å². The molecule has 0 aliphatic rings. The van der Waals surface area contributed by atoms with Crippen molar-refractivity contribution in [3.05, 3.63) is 255 Å². The summed E-state index contributed by atoms with van der Waals surface area (Å²) < 4.78 is 6.47. The van der Waals surface area contributed by atoms with E-state index in [1.54, 1.807) is 0 Å². The molecule has 0 fully saturated rings. The Hall–Kier alpha value is -8.92. The van der Waals surface area contributed by atoms with Crippen molar-refractivity contribution in [1.29, 1.82) is 0 Å². The number of benzene rings is 12. The third kappa shape index (κ3) is 6.59. The Kier molecular flexibility index (Phi) is 9.17. The average Bonchev–Trinajstić information content (AvgIpc) is 3.79. The molecule has 0 aliphatic heterocycles. The molecule has 1 heterocycles. The molecule has 0 saturated carbocycles. The largest absolute Gasteiger partial charge is 0.455 e. The van der Waals surface area contributed by atoms with E-state index in [9.17, 15) is 0 Å². The van der Waals surface area contributed by atoms with Crippen LogP contribution in [0.3, 0.4) is 0 Å². The van der Waals surface area contributed by atoms with Crippen LogP contribution >= 0.6 is 0 Å². The van der Waals surface area contributed by atoms with Gasteiger partial charge in [-0.25, -0.2) is 0 Å². The molecule has 67 heavy (non-hydrogen) atoms. The highest BCUT2D eigenvalue weighted by atomic mass is 16.3. The van der Waals surface area contributed by atoms with Gasteiger partial charge in [0, 0.05) is 50.2 Å². The lowest BCUT2D eigenvalue weighted by molar-refractivity contribution is 0.670. The molecule has 1 aromatic heterocycles. The quantitative estimate of drug-likeness (QED) is 0.142. The van der Waals surface area contributed by atoms with Crippen LogP contribution in [0.4, 0.5) is 34.1 Å². The van der Waals surface area contributed by atoms with E-state index in [0.29, 0.717) is 0 Å². The molecule has 314 valence electrons. The second kappa shape index (κ2) is 16.0. The number of hydrogen-bond acceptors (Lipinski definition) is 3. The molecule has 0 atom stereocenters. The molecule has 12 aromatic carbocycles. The molecular formula is C64H42N2O. The van der Waals surface area contributed by atoms with Gasteiger partial charge in [-0.1, -0.05) is 182 Å². The summed E-state index contributed by atoms with van der Waals surface area (Å²) in [7, 11) is 0. The van der Waals surface area contributed by atoms with Gasteiger partial charge in [-0.2, -0.15) is 0 Å². The first kappa shape index (κ1) is 38.5. The Labute approximate surface area is 388 Å². The fourth-order valence-corrected chi connectivity index (χ4v) is 10.3. The van der Waals surface area contributed by atoms with Gasteiger partial charge < -0.3 is 14.2 Å². The van der Waals surface area contributed by atoms with Gasteiger partial charge in [0.2, 0.25) is 0 Å². The minimum atomic E-state index is 0.902. The molecule has 0 amide bonds. The molecule has 0 spiro atoms. The maximum Gasteiger partial charge on any atom is 0.143 e. The van der Waals surface area contributed by atoms with Gasteiger partial charge in [0.05, 0.1) is 5.69 Å². The summed E-state index contributed by atoms with van der Waals surface area (Å²) in [6.45, 7) is 0. The number of furan rings is 1.